The number of anilines is 1. The molecule has 2 N–H and O–H groups in total. The van der Waals surface area contributed by atoms with Crippen LogP contribution >= 0.6 is 0 Å². The predicted octanol–water partition coefficient (Wildman–Crippen LogP) is 1.63. The van der Waals surface area contributed by atoms with E-state index in [9.17, 15) is 9.59 Å². The van der Waals surface area contributed by atoms with Gasteiger partial charge in [0.25, 0.3) is 5.91 Å². The van der Waals surface area contributed by atoms with Crippen LogP contribution in [0.3, 0.4) is 0 Å². The number of aryl methyl sites for hydroxylation is 2. The minimum atomic E-state index is -0.108. The molecular weight excluding hydrogens is 358 g/mol. The second kappa shape index (κ2) is 7.92. The lowest BCUT2D eigenvalue weighted by molar-refractivity contribution is -0.121. The maximum absolute atomic E-state index is 12.5. The molecule has 2 aromatic rings. The Balaban J connectivity index is 1.66. The zero-order valence-corrected chi connectivity index (χ0v) is 17.0. The molecule has 0 radical (unpaired) electrons. The molecule has 8 heteroatoms. The maximum atomic E-state index is 12.5. The van der Waals surface area contributed by atoms with Crippen LogP contribution in [0, 0.1) is 13.8 Å². The highest BCUT2D eigenvalue weighted by atomic mass is 16.5. The molecule has 0 fully saturated rings. The van der Waals surface area contributed by atoms with Gasteiger partial charge in [0.05, 0.1) is 23.8 Å². The van der Waals surface area contributed by atoms with Crippen LogP contribution in [-0.4, -0.2) is 60.7 Å². The Morgan fingerprint density at radius 2 is 2.11 bits per heavy atom. The van der Waals surface area contributed by atoms with Crippen LogP contribution < -0.4 is 15.0 Å². The molecule has 1 unspecified atom stereocenters. The molecule has 150 valence electrons. The first-order chi connectivity index (χ1) is 13.3. The SMILES string of the molecule is Cc1n[nH]c(C)c1CNC(=O)CC1COc2ccc(C(=O)N(C)C)cc2N1C. The zero-order valence-electron chi connectivity index (χ0n) is 17.0. The van der Waals surface area contributed by atoms with E-state index in [1.165, 1.54) is 4.90 Å². The van der Waals surface area contributed by atoms with Crippen LogP contribution in [0.25, 0.3) is 0 Å². The molecular formula is C20H27N5O3. The Morgan fingerprint density at radius 1 is 1.36 bits per heavy atom. The van der Waals surface area contributed by atoms with Crippen molar-refractivity contribution in [1.82, 2.24) is 20.4 Å². The van der Waals surface area contributed by atoms with Crippen molar-refractivity contribution in [2.75, 3.05) is 32.6 Å². The smallest absolute Gasteiger partial charge is 0.253 e. The van der Waals surface area contributed by atoms with Crippen molar-refractivity contribution in [1.29, 1.82) is 0 Å². The molecule has 1 aromatic heterocycles. The summed E-state index contributed by atoms with van der Waals surface area (Å²) in [5, 5.41) is 10.0. The number of fused-ring (bicyclic) bond motifs is 1. The van der Waals surface area contributed by atoms with Crippen LogP contribution in [0.1, 0.15) is 33.7 Å². The number of amides is 2. The predicted molar refractivity (Wildman–Crippen MR) is 107 cm³/mol. The quantitative estimate of drug-likeness (QED) is 0.816. The van der Waals surface area contributed by atoms with Gasteiger partial charge in [-0.2, -0.15) is 5.10 Å². The van der Waals surface area contributed by atoms with Crippen molar-refractivity contribution < 1.29 is 14.3 Å². The maximum Gasteiger partial charge on any atom is 0.253 e. The average molecular weight is 385 g/mol. The summed E-state index contributed by atoms with van der Waals surface area (Å²) in [4.78, 5) is 28.3. The number of rotatable bonds is 5. The molecule has 2 amide bonds. The fraction of sp³-hybridized carbons (Fsp3) is 0.450. The summed E-state index contributed by atoms with van der Waals surface area (Å²) >= 11 is 0. The van der Waals surface area contributed by atoms with Crippen LogP contribution in [0.15, 0.2) is 18.2 Å². The first-order valence-electron chi connectivity index (χ1n) is 9.26. The lowest BCUT2D eigenvalue weighted by atomic mass is 10.1. The van der Waals surface area contributed by atoms with Gasteiger partial charge in [-0.15, -0.1) is 0 Å². The van der Waals surface area contributed by atoms with Gasteiger partial charge < -0.3 is 19.9 Å². The molecule has 0 spiro atoms. The fourth-order valence-electron chi connectivity index (χ4n) is 3.30. The molecule has 0 saturated carbocycles. The normalized spacial score (nSPS) is 15.6. The number of hydrogen-bond donors (Lipinski definition) is 2. The molecule has 3 rings (SSSR count). The highest BCUT2D eigenvalue weighted by Gasteiger charge is 2.28. The van der Waals surface area contributed by atoms with E-state index < -0.39 is 0 Å². The van der Waals surface area contributed by atoms with Crippen molar-refractivity contribution >= 4 is 17.5 Å². The molecule has 0 aliphatic carbocycles. The number of benzene rings is 1. The lowest BCUT2D eigenvalue weighted by Crippen LogP contribution is -2.43. The first kappa shape index (κ1) is 19.7. The molecule has 2 heterocycles. The largest absolute Gasteiger partial charge is 0.489 e. The molecule has 0 saturated heterocycles. The molecule has 1 atom stereocenters. The van der Waals surface area contributed by atoms with Crippen LogP contribution in [0.5, 0.6) is 5.75 Å². The molecule has 8 nitrogen and oxygen atoms in total. The fourth-order valence-corrected chi connectivity index (χ4v) is 3.30. The number of carbonyl (C=O) groups is 2. The number of aromatic nitrogens is 2. The second-order valence-corrected chi connectivity index (χ2v) is 7.35. The van der Waals surface area contributed by atoms with Gasteiger partial charge in [0, 0.05) is 44.5 Å². The van der Waals surface area contributed by atoms with E-state index in [1.807, 2.05) is 37.9 Å². The molecule has 28 heavy (non-hydrogen) atoms. The van der Waals surface area contributed by atoms with Crippen LogP contribution in [0.2, 0.25) is 0 Å². The summed E-state index contributed by atoms with van der Waals surface area (Å²) in [7, 11) is 5.37. The monoisotopic (exact) mass is 385 g/mol. The second-order valence-electron chi connectivity index (χ2n) is 7.35. The first-order valence-corrected chi connectivity index (χ1v) is 9.26. The van der Waals surface area contributed by atoms with E-state index in [-0.39, 0.29) is 17.9 Å². The van der Waals surface area contributed by atoms with Crippen molar-refractivity contribution in [2.45, 2.75) is 32.9 Å². The third-order valence-corrected chi connectivity index (χ3v) is 5.14. The van der Waals surface area contributed by atoms with Gasteiger partial charge in [-0.3, -0.25) is 14.7 Å². The minimum absolute atomic E-state index is 0.0515. The Kier molecular flexibility index (Phi) is 5.58. The number of nitrogens with one attached hydrogen (secondary N) is 2. The summed E-state index contributed by atoms with van der Waals surface area (Å²) in [6.45, 7) is 4.72. The Labute approximate surface area is 164 Å². The number of aromatic amines is 1. The van der Waals surface area contributed by atoms with Gasteiger partial charge in [-0.25, -0.2) is 0 Å². The van der Waals surface area contributed by atoms with E-state index in [0.717, 1.165) is 28.4 Å². The molecule has 1 aromatic carbocycles. The Bertz CT molecular complexity index is 870. The van der Waals surface area contributed by atoms with Gasteiger partial charge in [-0.1, -0.05) is 0 Å². The molecule has 1 aliphatic rings. The third-order valence-electron chi connectivity index (χ3n) is 5.14. The van der Waals surface area contributed by atoms with Gasteiger partial charge >= 0.3 is 0 Å². The summed E-state index contributed by atoms with van der Waals surface area (Å²) in [5.74, 6) is 0.602. The summed E-state index contributed by atoms with van der Waals surface area (Å²) in [6.07, 6.45) is 0.303. The van der Waals surface area contributed by atoms with Gasteiger partial charge in [0.15, 0.2) is 0 Å². The van der Waals surface area contributed by atoms with E-state index >= 15 is 0 Å². The van der Waals surface area contributed by atoms with Gasteiger partial charge in [-0.05, 0) is 32.0 Å². The van der Waals surface area contributed by atoms with Crippen molar-refractivity contribution in [2.24, 2.45) is 0 Å². The van der Waals surface area contributed by atoms with Crippen molar-refractivity contribution in [3.8, 4) is 5.75 Å². The summed E-state index contributed by atoms with van der Waals surface area (Å²) < 4.78 is 5.83. The molecule has 1 aliphatic heterocycles. The topological polar surface area (TPSA) is 90.6 Å². The summed E-state index contributed by atoms with van der Waals surface area (Å²) in [6, 6.07) is 5.28. The van der Waals surface area contributed by atoms with Crippen LogP contribution in [-0.2, 0) is 11.3 Å². The number of carbonyl (C=O) groups excluding carboxylic acids is 2. The number of H-pyrrole nitrogens is 1. The van der Waals surface area contributed by atoms with E-state index in [2.05, 4.69) is 15.5 Å². The standard InChI is InChI=1S/C20H27N5O3/c1-12-16(13(2)23-22-12)10-21-19(26)9-15-11-28-18-7-6-14(20(27)24(3)4)8-17(18)25(15)5/h6-8,15H,9-11H2,1-5H3,(H,21,26)(H,22,23). The Morgan fingerprint density at radius 3 is 2.75 bits per heavy atom. The number of ether oxygens (including phenoxy) is 1. The molecule has 0 bridgehead atoms. The minimum Gasteiger partial charge on any atom is -0.489 e. The van der Waals surface area contributed by atoms with Crippen molar-refractivity contribution in [3.63, 3.8) is 0 Å². The Hall–Kier alpha value is -3.03. The lowest BCUT2D eigenvalue weighted by Gasteiger charge is -2.35. The van der Waals surface area contributed by atoms with E-state index in [0.29, 0.717) is 25.1 Å². The van der Waals surface area contributed by atoms with E-state index in [1.54, 1.807) is 20.2 Å². The van der Waals surface area contributed by atoms with E-state index in [4.69, 9.17) is 4.74 Å². The zero-order chi connectivity index (χ0) is 20.4. The number of nitrogens with zero attached hydrogens (tertiary/aromatic N) is 3. The van der Waals surface area contributed by atoms with Crippen molar-refractivity contribution in [3.05, 3.63) is 40.7 Å². The van der Waals surface area contributed by atoms with Gasteiger partial charge in [0.1, 0.15) is 12.4 Å². The number of likely N-dealkylation sites (N-methyl/N-ethyl adjacent to an activating group) is 1. The third kappa shape index (κ3) is 3.95. The van der Waals surface area contributed by atoms with Crippen LogP contribution in [0.4, 0.5) is 5.69 Å². The van der Waals surface area contributed by atoms with Gasteiger partial charge in [0.2, 0.25) is 5.91 Å². The average Bonchev–Trinajstić information content (AvgIpc) is 2.99. The summed E-state index contributed by atoms with van der Waals surface area (Å²) in [5.41, 5.74) is 4.28. The highest BCUT2D eigenvalue weighted by Crippen LogP contribution is 2.34. The highest BCUT2D eigenvalue weighted by molar-refractivity contribution is 5.95. The number of hydrogen-bond acceptors (Lipinski definition) is 5.